The topological polar surface area (TPSA) is 134 Å². The van der Waals surface area contributed by atoms with Gasteiger partial charge in [0.05, 0.1) is 21.9 Å². The van der Waals surface area contributed by atoms with E-state index in [0.717, 1.165) is 23.5 Å². The normalized spacial score (nSPS) is 11.2. The minimum atomic E-state index is -4.96. The number of thioether (sulfide) groups is 1. The molecule has 0 unspecified atom stereocenters. The van der Waals surface area contributed by atoms with Crippen LogP contribution in [0.1, 0.15) is 23.0 Å². The predicted molar refractivity (Wildman–Crippen MR) is 135 cm³/mol. The van der Waals surface area contributed by atoms with E-state index in [2.05, 4.69) is 20.9 Å². The van der Waals surface area contributed by atoms with Gasteiger partial charge in [-0.05, 0) is 36.4 Å². The summed E-state index contributed by atoms with van der Waals surface area (Å²) < 4.78 is 49.6. The number of hydrogen-bond donors (Lipinski definition) is 3. The zero-order valence-corrected chi connectivity index (χ0v) is 21.1. The molecule has 0 atom stereocenters. The predicted octanol–water partition coefficient (Wildman–Crippen LogP) is 4.22. The van der Waals surface area contributed by atoms with Gasteiger partial charge in [-0.25, -0.2) is 13.4 Å². The van der Waals surface area contributed by atoms with Crippen LogP contribution in [0.5, 0.6) is 0 Å². The number of rotatable bonds is 10. The molecule has 36 heavy (non-hydrogen) atoms. The van der Waals surface area contributed by atoms with E-state index in [-0.39, 0.29) is 22.7 Å². The zero-order valence-electron chi connectivity index (χ0n) is 18.7. The van der Waals surface area contributed by atoms with E-state index in [1.54, 1.807) is 29.6 Å². The highest BCUT2D eigenvalue weighted by Crippen LogP contribution is 2.25. The third kappa shape index (κ3) is 7.32. The quantitative estimate of drug-likeness (QED) is 0.342. The van der Waals surface area contributed by atoms with E-state index in [1.165, 1.54) is 30.8 Å². The van der Waals surface area contributed by atoms with Gasteiger partial charge >= 0.3 is 5.76 Å². The molecule has 2 aromatic carbocycles. The smallest absolute Gasteiger partial charge is 0.326 e. The van der Waals surface area contributed by atoms with Crippen molar-refractivity contribution in [1.29, 1.82) is 0 Å². The number of nitrogens with zero attached hydrogens (tertiary/aromatic N) is 1. The Balaban J connectivity index is 1.52. The number of anilines is 3. The molecule has 0 fully saturated rings. The molecule has 0 spiro atoms. The summed E-state index contributed by atoms with van der Waals surface area (Å²) in [6.07, 6.45) is 0. The number of hydrogen-bond acceptors (Lipinski definition) is 8. The summed E-state index contributed by atoms with van der Waals surface area (Å²) in [5.41, 5.74) is 1.34. The van der Waals surface area contributed by atoms with Gasteiger partial charge in [-0.2, -0.15) is 8.78 Å². The maximum absolute atomic E-state index is 13.0. The number of aromatic nitrogens is 1. The monoisotopic (exact) mass is 554 g/mol. The molecule has 0 radical (unpaired) electrons. The molecule has 0 aliphatic rings. The molecule has 0 saturated heterocycles. The van der Waals surface area contributed by atoms with Gasteiger partial charge in [0.2, 0.25) is 21.7 Å². The molecule has 3 amide bonds. The molecule has 1 heterocycles. The summed E-state index contributed by atoms with van der Waals surface area (Å²) in [6.45, 7) is 1.40. The zero-order chi connectivity index (χ0) is 26.3. The van der Waals surface area contributed by atoms with Crippen molar-refractivity contribution in [3.05, 3.63) is 65.2 Å². The number of nitrogens with one attached hydrogen (secondary N) is 3. The maximum atomic E-state index is 13.0. The summed E-state index contributed by atoms with van der Waals surface area (Å²) in [4.78, 5) is 39.2. The van der Waals surface area contributed by atoms with Gasteiger partial charge in [0.1, 0.15) is 0 Å². The number of amides is 3. The molecule has 0 bridgehead atoms. The summed E-state index contributed by atoms with van der Waals surface area (Å²) in [5, 5.41) is 9.60. The van der Waals surface area contributed by atoms with Crippen LogP contribution >= 0.6 is 23.1 Å². The van der Waals surface area contributed by atoms with Crippen LogP contribution in [0.25, 0.3) is 0 Å². The van der Waals surface area contributed by atoms with Gasteiger partial charge in [-0.3, -0.25) is 19.7 Å². The molecule has 3 N–H and O–H groups in total. The Kier molecular flexibility index (Phi) is 9.12. The number of thiazole rings is 1. The number of sulfone groups is 1. The van der Waals surface area contributed by atoms with E-state index in [0.29, 0.717) is 22.8 Å². The highest BCUT2D eigenvalue weighted by molar-refractivity contribution is 7.99. The third-order valence-electron chi connectivity index (χ3n) is 4.42. The Labute approximate surface area is 213 Å². The van der Waals surface area contributed by atoms with Crippen LogP contribution in [0.2, 0.25) is 0 Å². The molecular formula is C22H20F2N4O5S3. The van der Waals surface area contributed by atoms with Gasteiger partial charge in [0.25, 0.3) is 5.91 Å². The second-order valence-electron chi connectivity index (χ2n) is 7.20. The molecule has 190 valence electrons. The average Bonchev–Trinajstić information content (AvgIpc) is 3.27. The van der Waals surface area contributed by atoms with Gasteiger partial charge in [0.15, 0.2) is 5.13 Å². The minimum absolute atomic E-state index is 0.130. The van der Waals surface area contributed by atoms with Crippen LogP contribution in [-0.4, -0.2) is 42.6 Å². The van der Waals surface area contributed by atoms with Crippen molar-refractivity contribution >= 4 is 67.2 Å². The van der Waals surface area contributed by atoms with Crippen LogP contribution in [0.4, 0.5) is 25.3 Å². The standard InChI is InChI=1S/C22H20F2N4O5S3/c1-13(29)25-14-6-8-15(9-7-14)26-19(30)12-34-10-16-11-35-22(27-16)28-20(31)17-4-2-3-5-18(17)36(32,33)21(23)24/h2-9,11,21H,10,12H2,1H3,(H,25,29)(H,26,30)(H,27,28,31). The van der Waals surface area contributed by atoms with Crippen molar-refractivity contribution in [2.45, 2.75) is 23.3 Å². The van der Waals surface area contributed by atoms with E-state index >= 15 is 0 Å². The number of benzene rings is 2. The second-order valence-corrected chi connectivity index (χ2v) is 10.9. The highest BCUT2D eigenvalue weighted by Gasteiger charge is 2.31. The molecule has 0 aliphatic heterocycles. The van der Waals surface area contributed by atoms with Crippen molar-refractivity contribution in [3.8, 4) is 0 Å². The van der Waals surface area contributed by atoms with Crippen LogP contribution in [-0.2, 0) is 25.2 Å². The summed E-state index contributed by atoms with van der Waals surface area (Å²) in [5.74, 6) is -4.49. The van der Waals surface area contributed by atoms with Gasteiger partial charge in [-0.1, -0.05) is 12.1 Å². The molecule has 9 nitrogen and oxygen atoms in total. The number of halogens is 2. The molecule has 1 aromatic heterocycles. The first-order valence-corrected chi connectivity index (χ1v) is 13.8. The lowest BCUT2D eigenvalue weighted by Gasteiger charge is -2.09. The molecule has 14 heteroatoms. The van der Waals surface area contributed by atoms with Crippen LogP contribution < -0.4 is 16.0 Å². The molecule has 0 saturated carbocycles. The van der Waals surface area contributed by atoms with Crippen LogP contribution in [0, 0.1) is 0 Å². The Bertz CT molecular complexity index is 1360. The Morgan fingerprint density at radius 1 is 1.00 bits per heavy atom. The lowest BCUT2D eigenvalue weighted by Crippen LogP contribution is -2.19. The Morgan fingerprint density at radius 3 is 2.28 bits per heavy atom. The van der Waals surface area contributed by atoms with Gasteiger partial charge < -0.3 is 10.6 Å². The third-order valence-corrected chi connectivity index (χ3v) is 7.63. The van der Waals surface area contributed by atoms with Crippen LogP contribution in [0.3, 0.4) is 0 Å². The fourth-order valence-electron chi connectivity index (χ4n) is 2.88. The number of carbonyl (C=O) groups excluding carboxylic acids is 3. The van der Waals surface area contributed by atoms with E-state index in [4.69, 9.17) is 0 Å². The van der Waals surface area contributed by atoms with Crippen molar-refractivity contribution in [2.24, 2.45) is 0 Å². The fraction of sp³-hybridized carbons (Fsp3) is 0.182. The van der Waals surface area contributed by atoms with E-state index in [1.807, 2.05) is 0 Å². The summed E-state index contributed by atoms with van der Waals surface area (Å²) in [6, 6.07) is 11.4. The van der Waals surface area contributed by atoms with E-state index < -0.39 is 32.0 Å². The van der Waals surface area contributed by atoms with E-state index in [9.17, 15) is 31.6 Å². The van der Waals surface area contributed by atoms with Crippen molar-refractivity contribution in [2.75, 3.05) is 21.7 Å². The van der Waals surface area contributed by atoms with Crippen LogP contribution in [0.15, 0.2) is 58.8 Å². The lowest BCUT2D eigenvalue weighted by molar-refractivity contribution is -0.114. The van der Waals surface area contributed by atoms with Gasteiger partial charge in [0, 0.05) is 29.4 Å². The highest BCUT2D eigenvalue weighted by atomic mass is 32.2. The number of carbonyl (C=O) groups is 3. The summed E-state index contributed by atoms with van der Waals surface area (Å²) >= 11 is 2.36. The average molecular weight is 555 g/mol. The van der Waals surface area contributed by atoms with Crippen molar-refractivity contribution in [1.82, 2.24) is 4.98 Å². The molecule has 0 aliphatic carbocycles. The van der Waals surface area contributed by atoms with Gasteiger partial charge in [-0.15, -0.1) is 23.1 Å². The first-order valence-electron chi connectivity index (χ1n) is 10.2. The molecule has 3 rings (SSSR count). The Hall–Kier alpha value is -3.36. The molecule has 3 aromatic rings. The SMILES string of the molecule is CC(=O)Nc1ccc(NC(=O)CSCc2csc(NC(=O)c3ccccc3S(=O)(=O)C(F)F)n2)cc1. The fourth-order valence-corrected chi connectivity index (χ4v) is 5.33. The minimum Gasteiger partial charge on any atom is -0.326 e. The lowest BCUT2D eigenvalue weighted by atomic mass is 10.2. The Morgan fingerprint density at radius 2 is 1.64 bits per heavy atom. The summed E-state index contributed by atoms with van der Waals surface area (Å²) in [7, 11) is -4.96. The second kappa shape index (κ2) is 12.1. The first-order chi connectivity index (χ1) is 17.1. The first kappa shape index (κ1) is 27.2. The van der Waals surface area contributed by atoms with Crippen molar-refractivity contribution < 1.29 is 31.6 Å². The van der Waals surface area contributed by atoms with Crippen molar-refractivity contribution in [3.63, 3.8) is 0 Å². The maximum Gasteiger partial charge on any atom is 0.341 e. The molecular weight excluding hydrogens is 534 g/mol. The number of alkyl halides is 2. The largest absolute Gasteiger partial charge is 0.341 e.